The molecule has 2 aliphatic rings. The van der Waals surface area contributed by atoms with E-state index in [1.165, 1.54) is 199 Å². The molecule has 378 valence electrons. The second-order valence-electron chi connectivity index (χ2n) is 23.3. The fraction of sp³-hybridized carbons (Fsp3) is 0. The van der Waals surface area contributed by atoms with E-state index in [1.54, 1.807) is 0 Å². The Kier molecular flexibility index (Phi) is 8.16. The Bertz CT molecular complexity index is 6180. The van der Waals surface area contributed by atoms with E-state index in [2.05, 4.69) is 258 Å². The van der Waals surface area contributed by atoms with Gasteiger partial charge in [-0.25, -0.2) is 0 Å². The van der Waals surface area contributed by atoms with Gasteiger partial charge in [-0.2, -0.15) is 0 Å². The van der Waals surface area contributed by atoms with Crippen molar-refractivity contribution in [3.05, 3.63) is 249 Å². The van der Waals surface area contributed by atoms with Crippen molar-refractivity contribution in [2.24, 2.45) is 0 Å². The lowest BCUT2D eigenvalue weighted by Crippen LogP contribution is -2.59. The van der Waals surface area contributed by atoms with E-state index < -0.39 is 0 Å². The van der Waals surface area contributed by atoms with Gasteiger partial charge >= 0.3 is 0 Å². The predicted octanol–water partition coefficient (Wildman–Crippen LogP) is 20.0. The quantitative estimate of drug-likeness (QED) is 0.121. The summed E-state index contributed by atoms with van der Waals surface area (Å²) in [6, 6.07) is 95.7. The smallest absolute Gasteiger partial charge is 0.252 e. The normalized spacial score (nSPS) is 13.0. The van der Waals surface area contributed by atoms with Crippen LogP contribution in [0.5, 0.6) is 0 Å². The number of hydrogen-bond donors (Lipinski definition) is 0. The van der Waals surface area contributed by atoms with Crippen molar-refractivity contribution >= 4 is 194 Å². The Balaban J connectivity index is 0.955. The molecule has 0 atom stereocenters. The average Bonchev–Trinajstić information content (AvgIpc) is 1.70. The van der Waals surface area contributed by atoms with E-state index in [0.29, 0.717) is 0 Å². The van der Waals surface area contributed by atoms with Crippen LogP contribution in [0.4, 0.5) is 0 Å². The van der Waals surface area contributed by atoms with Gasteiger partial charge in [0.25, 0.3) is 6.71 Å². The minimum absolute atomic E-state index is 0.0893. The van der Waals surface area contributed by atoms with Crippen LogP contribution in [-0.4, -0.2) is 15.8 Å². The maximum atomic E-state index is 2.71. The van der Waals surface area contributed by atoms with E-state index in [-0.39, 0.29) is 6.71 Å². The van der Waals surface area contributed by atoms with Gasteiger partial charge in [0.2, 0.25) is 0 Å². The lowest BCUT2D eigenvalue weighted by molar-refractivity contribution is 1.15. The van der Waals surface area contributed by atoms with Crippen molar-refractivity contribution in [3.63, 3.8) is 0 Å². The summed E-state index contributed by atoms with van der Waals surface area (Å²) in [5.74, 6) is 0. The van der Waals surface area contributed by atoms with Crippen molar-refractivity contribution < 1.29 is 0 Å². The molecule has 0 N–H and O–H groups in total. The molecule has 15 aromatic carbocycles. The van der Waals surface area contributed by atoms with Crippen LogP contribution in [0.25, 0.3) is 182 Å². The number of rotatable bonds is 2. The SMILES string of the molecule is c1cc2c3c(c1)-n1c4c(cc(-c5ccc6c(c5)sc5ccccc56)cc4c4ccc5c6ccccc6c6ccccc6c5c41)B3c1cc(-c3ccc4c(c3)sc3ccccc34)cc3c4c5c6ccccc6c6ccccc6c5ccc4n-2c13. The van der Waals surface area contributed by atoms with Crippen molar-refractivity contribution in [3.8, 4) is 33.6 Å². The Morgan fingerprint density at radius 1 is 0.241 bits per heavy atom. The molecule has 0 bridgehead atoms. The van der Waals surface area contributed by atoms with Crippen molar-refractivity contribution in [1.29, 1.82) is 0 Å². The number of thiophene rings is 2. The Morgan fingerprint density at radius 3 is 1.23 bits per heavy atom. The van der Waals surface area contributed by atoms with Crippen molar-refractivity contribution in [1.82, 2.24) is 9.13 Å². The van der Waals surface area contributed by atoms with Crippen LogP contribution in [0, 0.1) is 0 Å². The van der Waals surface area contributed by atoms with Gasteiger partial charge in [-0.3, -0.25) is 0 Å². The minimum atomic E-state index is -0.0893. The van der Waals surface area contributed by atoms with Gasteiger partial charge in [-0.05, 0) is 147 Å². The standard InChI is InChI=1S/C78H41BN2S2/c1-3-18-50-46(14-1)48-16-5-7-22-56(48)72-58(50)34-35-65-74(72)62-37-45(43-29-31-55-53-21-10-12-27-69(53)83-71(55)41-43)39-64-77(62)80(65)66-24-13-25-67-75(66)79(64)63-38-44(42-28-30-54-52-20-9-11-26-68(52)82-70(54)40-42)36-61-60-33-32-59-51-19-4-2-15-47(51)49-17-6-8-23-57(49)73(59)78(60)81(67)76(61)63/h1-41H. The van der Waals surface area contributed by atoms with Crippen LogP contribution in [0.1, 0.15) is 0 Å². The molecule has 2 aliphatic heterocycles. The molecule has 0 aliphatic carbocycles. The van der Waals surface area contributed by atoms with Gasteiger partial charge in [-0.1, -0.05) is 194 Å². The van der Waals surface area contributed by atoms with E-state index >= 15 is 0 Å². The van der Waals surface area contributed by atoms with Crippen LogP contribution in [0.3, 0.4) is 0 Å². The monoisotopic (exact) mass is 1080 g/mol. The molecule has 0 saturated heterocycles. The number of hydrogen-bond acceptors (Lipinski definition) is 2. The van der Waals surface area contributed by atoms with Crippen molar-refractivity contribution in [2.45, 2.75) is 0 Å². The third-order valence-electron chi connectivity index (χ3n) is 19.4. The van der Waals surface area contributed by atoms with Gasteiger partial charge in [0.05, 0.1) is 11.0 Å². The Morgan fingerprint density at radius 2 is 0.651 bits per heavy atom. The summed E-state index contributed by atoms with van der Waals surface area (Å²) in [6.07, 6.45) is 0. The van der Waals surface area contributed by atoms with Crippen molar-refractivity contribution in [2.75, 3.05) is 0 Å². The van der Waals surface area contributed by atoms with Crippen LogP contribution in [0.15, 0.2) is 249 Å². The summed E-state index contributed by atoms with van der Waals surface area (Å²) >= 11 is 3.80. The first-order valence-corrected chi connectivity index (χ1v) is 30.5. The molecule has 0 saturated carbocycles. The fourth-order valence-electron chi connectivity index (χ4n) is 16.1. The van der Waals surface area contributed by atoms with Gasteiger partial charge in [0.1, 0.15) is 0 Å². The van der Waals surface area contributed by atoms with Crippen LogP contribution in [0.2, 0.25) is 0 Å². The van der Waals surface area contributed by atoms with Gasteiger partial charge in [-0.15, -0.1) is 22.7 Å². The second-order valence-corrected chi connectivity index (χ2v) is 25.5. The maximum absolute atomic E-state index is 2.71. The second kappa shape index (κ2) is 15.5. The molecule has 0 fully saturated rings. The molecule has 83 heavy (non-hydrogen) atoms. The first-order valence-electron chi connectivity index (χ1n) is 28.8. The molecular formula is C78H41BN2S2. The molecule has 0 unspecified atom stereocenters. The van der Waals surface area contributed by atoms with Crippen LogP contribution in [-0.2, 0) is 0 Å². The van der Waals surface area contributed by atoms with E-state index in [4.69, 9.17) is 0 Å². The Labute approximate surface area is 482 Å². The lowest BCUT2D eigenvalue weighted by Gasteiger charge is -2.34. The zero-order chi connectivity index (χ0) is 53.5. The molecule has 19 aromatic rings. The molecule has 5 heteroatoms. The molecule has 6 heterocycles. The maximum Gasteiger partial charge on any atom is 0.252 e. The molecule has 0 amide bonds. The number of nitrogens with zero attached hydrogens (tertiary/aromatic N) is 2. The van der Waals surface area contributed by atoms with Crippen LogP contribution >= 0.6 is 22.7 Å². The third-order valence-corrected chi connectivity index (χ3v) is 21.7. The highest BCUT2D eigenvalue weighted by Crippen LogP contribution is 2.49. The largest absolute Gasteiger partial charge is 0.310 e. The topological polar surface area (TPSA) is 9.86 Å². The average molecular weight is 1080 g/mol. The molecule has 4 aromatic heterocycles. The molecule has 0 radical (unpaired) electrons. The highest BCUT2D eigenvalue weighted by atomic mass is 32.1. The minimum Gasteiger partial charge on any atom is -0.310 e. The summed E-state index contributed by atoms with van der Waals surface area (Å²) in [4.78, 5) is 0. The number of aromatic nitrogens is 2. The lowest BCUT2D eigenvalue weighted by atomic mass is 9.34. The zero-order valence-corrected chi connectivity index (χ0v) is 46.1. The summed E-state index contributed by atoms with van der Waals surface area (Å²) in [5.41, 5.74) is 16.6. The van der Waals surface area contributed by atoms with E-state index in [1.807, 2.05) is 22.7 Å². The fourth-order valence-corrected chi connectivity index (χ4v) is 18.4. The molecule has 21 rings (SSSR count). The van der Waals surface area contributed by atoms with Gasteiger partial charge in [0, 0.05) is 95.1 Å². The number of fused-ring (bicyclic) bond motifs is 30. The van der Waals surface area contributed by atoms with Crippen LogP contribution < -0.4 is 16.4 Å². The van der Waals surface area contributed by atoms with E-state index in [9.17, 15) is 0 Å². The number of benzene rings is 15. The van der Waals surface area contributed by atoms with Gasteiger partial charge < -0.3 is 9.13 Å². The first-order chi connectivity index (χ1) is 41.2. The summed E-state index contributed by atoms with van der Waals surface area (Å²) in [7, 11) is 0. The molecular weight excluding hydrogens is 1040 g/mol. The summed E-state index contributed by atoms with van der Waals surface area (Å²) in [5, 5.41) is 25.9. The summed E-state index contributed by atoms with van der Waals surface area (Å²) < 4.78 is 10.7. The van der Waals surface area contributed by atoms with Gasteiger partial charge in [0.15, 0.2) is 0 Å². The van der Waals surface area contributed by atoms with E-state index in [0.717, 1.165) is 0 Å². The first kappa shape index (κ1) is 43.7. The zero-order valence-electron chi connectivity index (χ0n) is 44.5. The third kappa shape index (κ3) is 5.46. The summed E-state index contributed by atoms with van der Waals surface area (Å²) in [6.45, 7) is -0.0893. The Hall–Kier alpha value is -10.0. The molecule has 2 nitrogen and oxygen atoms in total. The highest BCUT2D eigenvalue weighted by Gasteiger charge is 2.42. The molecule has 0 spiro atoms. The predicted molar refractivity (Wildman–Crippen MR) is 361 cm³/mol. The highest BCUT2D eigenvalue weighted by molar-refractivity contribution is 7.26.